The van der Waals surface area contributed by atoms with Crippen LogP contribution in [0, 0.1) is 12.7 Å². The third kappa shape index (κ3) is 3.02. The number of halogens is 2. The molecule has 16 heavy (non-hydrogen) atoms. The van der Waals surface area contributed by atoms with Crippen LogP contribution in [0.1, 0.15) is 11.4 Å². The summed E-state index contributed by atoms with van der Waals surface area (Å²) in [7, 11) is 0. The molecule has 1 heterocycles. The lowest BCUT2D eigenvalue weighted by Gasteiger charge is -2.01. The van der Waals surface area contributed by atoms with Gasteiger partial charge in [0.25, 0.3) is 0 Å². The van der Waals surface area contributed by atoms with Gasteiger partial charge in [-0.05, 0) is 36.2 Å². The molecule has 0 spiro atoms. The minimum atomic E-state index is -0.192. The lowest BCUT2D eigenvalue weighted by molar-refractivity contribution is 0.616. The van der Waals surface area contributed by atoms with Gasteiger partial charge in [0.15, 0.2) is 4.34 Å². The van der Waals surface area contributed by atoms with Crippen molar-refractivity contribution in [2.75, 3.05) is 0 Å². The zero-order chi connectivity index (χ0) is 11.5. The van der Waals surface area contributed by atoms with Crippen molar-refractivity contribution in [1.82, 2.24) is 9.36 Å². The van der Waals surface area contributed by atoms with E-state index in [1.54, 1.807) is 6.07 Å². The third-order valence-electron chi connectivity index (χ3n) is 1.88. The first-order chi connectivity index (χ1) is 7.65. The summed E-state index contributed by atoms with van der Waals surface area (Å²) in [5.41, 5.74) is 0.682. The van der Waals surface area contributed by atoms with Crippen LogP contribution in [-0.2, 0) is 5.75 Å². The molecule has 0 aliphatic carbocycles. The molecular weight excluding hydrogens is 311 g/mol. The van der Waals surface area contributed by atoms with E-state index < -0.39 is 0 Å². The highest BCUT2D eigenvalue weighted by molar-refractivity contribution is 9.10. The monoisotopic (exact) mass is 318 g/mol. The Bertz CT molecular complexity index is 501. The molecule has 1 aromatic heterocycles. The maximum atomic E-state index is 13.5. The number of rotatable bonds is 3. The van der Waals surface area contributed by atoms with Crippen molar-refractivity contribution < 1.29 is 4.39 Å². The molecule has 0 amide bonds. The molecule has 0 saturated carbocycles. The van der Waals surface area contributed by atoms with Crippen LogP contribution < -0.4 is 0 Å². The zero-order valence-corrected chi connectivity index (χ0v) is 11.6. The Morgan fingerprint density at radius 1 is 1.50 bits per heavy atom. The summed E-state index contributed by atoms with van der Waals surface area (Å²) in [5.74, 6) is 1.15. The van der Waals surface area contributed by atoms with Gasteiger partial charge in [0.2, 0.25) is 0 Å². The fraction of sp³-hybridized carbons (Fsp3) is 0.200. The zero-order valence-electron chi connectivity index (χ0n) is 8.41. The van der Waals surface area contributed by atoms with E-state index in [9.17, 15) is 4.39 Å². The Kier molecular flexibility index (Phi) is 3.94. The summed E-state index contributed by atoms with van der Waals surface area (Å²) >= 11 is 6.08. The van der Waals surface area contributed by atoms with Crippen LogP contribution >= 0.6 is 39.2 Å². The number of aromatic nitrogens is 2. The van der Waals surface area contributed by atoms with E-state index in [4.69, 9.17) is 0 Å². The van der Waals surface area contributed by atoms with Crippen LogP contribution in [0.15, 0.2) is 27.0 Å². The summed E-state index contributed by atoms with van der Waals surface area (Å²) in [6.45, 7) is 1.85. The highest BCUT2D eigenvalue weighted by atomic mass is 79.9. The molecule has 0 aliphatic rings. The minimum Gasteiger partial charge on any atom is -0.213 e. The minimum absolute atomic E-state index is 0.192. The van der Waals surface area contributed by atoms with Gasteiger partial charge < -0.3 is 0 Å². The fourth-order valence-corrected chi connectivity index (χ4v) is 3.08. The van der Waals surface area contributed by atoms with Gasteiger partial charge in [0.05, 0.1) is 0 Å². The molecule has 6 heteroatoms. The quantitative estimate of drug-likeness (QED) is 0.799. The van der Waals surface area contributed by atoms with Gasteiger partial charge in [-0.3, -0.25) is 0 Å². The van der Waals surface area contributed by atoms with Crippen LogP contribution in [0.3, 0.4) is 0 Å². The first kappa shape index (κ1) is 12.0. The third-order valence-corrected chi connectivity index (χ3v) is 4.34. The van der Waals surface area contributed by atoms with E-state index in [-0.39, 0.29) is 5.82 Å². The summed E-state index contributed by atoms with van der Waals surface area (Å²) in [4.78, 5) is 4.21. The highest BCUT2D eigenvalue weighted by Crippen LogP contribution is 2.26. The van der Waals surface area contributed by atoms with Crippen LogP contribution in [0.25, 0.3) is 0 Å². The molecule has 0 saturated heterocycles. The highest BCUT2D eigenvalue weighted by Gasteiger charge is 2.06. The van der Waals surface area contributed by atoms with Gasteiger partial charge in [-0.2, -0.15) is 4.37 Å². The number of nitrogens with zero attached hydrogens (tertiary/aromatic N) is 2. The number of hydrogen-bond donors (Lipinski definition) is 0. The van der Waals surface area contributed by atoms with Crippen molar-refractivity contribution in [2.45, 2.75) is 17.0 Å². The van der Waals surface area contributed by atoms with E-state index in [1.807, 2.05) is 13.0 Å². The predicted molar refractivity (Wildman–Crippen MR) is 68.3 cm³/mol. The molecule has 0 atom stereocenters. The maximum absolute atomic E-state index is 13.5. The van der Waals surface area contributed by atoms with Crippen LogP contribution in [0.2, 0.25) is 0 Å². The first-order valence-electron chi connectivity index (χ1n) is 4.52. The van der Waals surface area contributed by atoms with Crippen LogP contribution in [0.5, 0.6) is 0 Å². The van der Waals surface area contributed by atoms with Crippen molar-refractivity contribution in [1.29, 1.82) is 0 Å². The van der Waals surface area contributed by atoms with Crippen molar-refractivity contribution in [3.63, 3.8) is 0 Å². The Morgan fingerprint density at radius 2 is 2.31 bits per heavy atom. The van der Waals surface area contributed by atoms with E-state index in [0.717, 1.165) is 14.6 Å². The summed E-state index contributed by atoms with van der Waals surface area (Å²) in [6.07, 6.45) is 0. The maximum Gasteiger partial charge on any atom is 0.170 e. The van der Waals surface area contributed by atoms with Gasteiger partial charge in [-0.25, -0.2) is 9.37 Å². The lowest BCUT2D eigenvalue weighted by Crippen LogP contribution is -1.87. The molecule has 0 unspecified atom stereocenters. The number of hydrogen-bond acceptors (Lipinski definition) is 4. The lowest BCUT2D eigenvalue weighted by atomic mass is 10.2. The van der Waals surface area contributed by atoms with E-state index in [2.05, 4.69) is 25.3 Å². The molecule has 84 valence electrons. The van der Waals surface area contributed by atoms with E-state index >= 15 is 0 Å². The Morgan fingerprint density at radius 3 is 2.94 bits per heavy atom. The molecule has 0 aliphatic heterocycles. The summed E-state index contributed by atoms with van der Waals surface area (Å²) in [6, 6.07) is 5.09. The molecule has 0 bridgehead atoms. The second kappa shape index (κ2) is 5.25. The van der Waals surface area contributed by atoms with Crippen molar-refractivity contribution in [2.24, 2.45) is 0 Å². The van der Waals surface area contributed by atoms with Crippen molar-refractivity contribution in [3.05, 3.63) is 39.9 Å². The molecule has 2 nitrogen and oxygen atoms in total. The first-order valence-corrected chi connectivity index (χ1v) is 7.07. The van der Waals surface area contributed by atoms with Gasteiger partial charge in [0, 0.05) is 10.2 Å². The van der Waals surface area contributed by atoms with Crippen molar-refractivity contribution >= 4 is 39.2 Å². The average Bonchev–Trinajstić information content (AvgIpc) is 2.63. The summed E-state index contributed by atoms with van der Waals surface area (Å²) < 4.78 is 19.2. The second-order valence-corrected chi connectivity index (χ2v) is 6.02. The summed E-state index contributed by atoms with van der Waals surface area (Å²) in [5, 5.41) is 0. The number of aryl methyl sites for hydroxylation is 1. The molecule has 0 fully saturated rings. The standard InChI is InChI=1S/C10H8BrFN2S2/c1-6-13-10(16-14-6)15-5-7-2-3-8(11)4-9(7)12/h2-4H,5H2,1H3. The number of benzene rings is 1. The van der Waals surface area contributed by atoms with Crippen molar-refractivity contribution in [3.8, 4) is 0 Å². The van der Waals surface area contributed by atoms with Gasteiger partial charge >= 0.3 is 0 Å². The molecule has 0 radical (unpaired) electrons. The van der Waals surface area contributed by atoms with Crippen LogP contribution in [0.4, 0.5) is 4.39 Å². The van der Waals surface area contributed by atoms with Gasteiger partial charge in [-0.1, -0.05) is 33.8 Å². The molecule has 2 rings (SSSR count). The molecule has 2 aromatic rings. The SMILES string of the molecule is Cc1nsc(SCc2ccc(Br)cc2F)n1. The van der Waals surface area contributed by atoms with Gasteiger partial charge in [0.1, 0.15) is 11.6 Å². The predicted octanol–water partition coefficient (Wildman–Crippen LogP) is 4.04. The largest absolute Gasteiger partial charge is 0.213 e. The second-order valence-electron chi connectivity index (χ2n) is 3.13. The molecule has 1 aromatic carbocycles. The smallest absolute Gasteiger partial charge is 0.170 e. The van der Waals surface area contributed by atoms with Gasteiger partial charge in [-0.15, -0.1) is 0 Å². The molecule has 0 N–H and O–H groups in total. The Labute approximate surface area is 110 Å². The number of thioether (sulfide) groups is 1. The molecular formula is C10H8BrFN2S2. The normalized spacial score (nSPS) is 10.7. The van der Waals surface area contributed by atoms with E-state index in [0.29, 0.717) is 11.3 Å². The van der Waals surface area contributed by atoms with Crippen LogP contribution in [-0.4, -0.2) is 9.36 Å². The Hall–Kier alpha value is -0.460. The Balaban J connectivity index is 2.04. The fourth-order valence-electron chi connectivity index (χ4n) is 1.11. The average molecular weight is 319 g/mol. The van der Waals surface area contributed by atoms with E-state index in [1.165, 1.54) is 29.4 Å². The topological polar surface area (TPSA) is 25.8 Å².